The molecular formula is C18H21N3OS. The van der Waals surface area contributed by atoms with Gasteiger partial charge in [-0.25, -0.2) is 9.97 Å². The summed E-state index contributed by atoms with van der Waals surface area (Å²) in [6.45, 7) is 3.95. The standard InChI is InChI=1S/C18H21N3OS/c1-3-23-18-19-12(2)11-16(21-18)17(22)20-15-10-6-8-13-7-4-5-9-14(13)15/h4-5,7,9,11,15H,3,6,8,10H2,1-2H3,(H,20,22). The molecule has 1 N–H and O–H groups in total. The minimum Gasteiger partial charge on any atom is -0.344 e. The van der Waals surface area contributed by atoms with E-state index < -0.39 is 0 Å². The van der Waals surface area contributed by atoms with Gasteiger partial charge in [0.05, 0.1) is 6.04 Å². The van der Waals surface area contributed by atoms with Gasteiger partial charge in [0.25, 0.3) is 5.91 Å². The van der Waals surface area contributed by atoms with Crippen molar-refractivity contribution in [2.75, 3.05) is 5.75 Å². The average Bonchev–Trinajstić information content (AvgIpc) is 2.55. The maximum Gasteiger partial charge on any atom is 0.270 e. The molecule has 4 nitrogen and oxygen atoms in total. The third kappa shape index (κ3) is 3.72. The Bertz CT molecular complexity index is 717. The van der Waals surface area contributed by atoms with Gasteiger partial charge in [0, 0.05) is 5.69 Å². The predicted octanol–water partition coefficient (Wildman–Crippen LogP) is 3.70. The normalized spacial score (nSPS) is 16.7. The van der Waals surface area contributed by atoms with Crippen LogP contribution in [-0.4, -0.2) is 21.6 Å². The van der Waals surface area contributed by atoms with E-state index >= 15 is 0 Å². The minimum absolute atomic E-state index is 0.0741. The molecule has 1 amide bonds. The molecule has 5 heteroatoms. The monoisotopic (exact) mass is 327 g/mol. The summed E-state index contributed by atoms with van der Waals surface area (Å²) in [7, 11) is 0. The first-order valence-electron chi connectivity index (χ1n) is 8.04. The average molecular weight is 327 g/mol. The van der Waals surface area contributed by atoms with Crippen LogP contribution < -0.4 is 5.32 Å². The molecule has 23 heavy (non-hydrogen) atoms. The number of aromatic nitrogens is 2. The molecule has 120 valence electrons. The highest BCUT2D eigenvalue weighted by Crippen LogP contribution is 2.29. The second-order valence-corrected chi connectivity index (χ2v) is 6.96. The van der Waals surface area contributed by atoms with Crippen molar-refractivity contribution >= 4 is 17.7 Å². The fourth-order valence-corrected chi connectivity index (χ4v) is 3.62. The van der Waals surface area contributed by atoms with Gasteiger partial charge in [0.1, 0.15) is 5.69 Å². The zero-order chi connectivity index (χ0) is 16.2. The van der Waals surface area contributed by atoms with Crippen LogP contribution in [0, 0.1) is 6.92 Å². The number of rotatable bonds is 4. The van der Waals surface area contributed by atoms with Crippen LogP contribution in [0.25, 0.3) is 0 Å². The van der Waals surface area contributed by atoms with Crippen molar-refractivity contribution in [3.63, 3.8) is 0 Å². The van der Waals surface area contributed by atoms with Crippen LogP contribution in [0.15, 0.2) is 35.5 Å². The molecule has 0 radical (unpaired) electrons. The Labute approximate surface area is 141 Å². The summed E-state index contributed by atoms with van der Waals surface area (Å²) < 4.78 is 0. The second kappa shape index (κ2) is 7.13. The van der Waals surface area contributed by atoms with E-state index in [9.17, 15) is 4.79 Å². The summed E-state index contributed by atoms with van der Waals surface area (Å²) in [6, 6.07) is 10.2. The van der Waals surface area contributed by atoms with Gasteiger partial charge in [-0.1, -0.05) is 43.0 Å². The van der Waals surface area contributed by atoms with Gasteiger partial charge in [0.2, 0.25) is 0 Å². The minimum atomic E-state index is -0.116. The summed E-state index contributed by atoms with van der Waals surface area (Å²) in [6.07, 6.45) is 3.16. The molecule has 0 bridgehead atoms. The van der Waals surface area contributed by atoms with Crippen LogP contribution in [-0.2, 0) is 6.42 Å². The highest BCUT2D eigenvalue weighted by Gasteiger charge is 2.22. The maximum absolute atomic E-state index is 12.6. The first-order valence-corrected chi connectivity index (χ1v) is 9.03. The molecule has 3 rings (SSSR count). The first kappa shape index (κ1) is 16.0. The van der Waals surface area contributed by atoms with Gasteiger partial charge >= 0.3 is 0 Å². The summed E-state index contributed by atoms with van der Waals surface area (Å²) in [5, 5.41) is 3.82. The highest BCUT2D eigenvalue weighted by molar-refractivity contribution is 7.99. The number of aryl methyl sites for hydroxylation is 2. The zero-order valence-corrected chi connectivity index (χ0v) is 14.3. The number of hydrogen-bond acceptors (Lipinski definition) is 4. The predicted molar refractivity (Wildman–Crippen MR) is 92.8 cm³/mol. The van der Waals surface area contributed by atoms with Crippen molar-refractivity contribution < 1.29 is 4.79 Å². The van der Waals surface area contributed by atoms with Crippen molar-refractivity contribution in [1.82, 2.24) is 15.3 Å². The number of benzene rings is 1. The van der Waals surface area contributed by atoms with Gasteiger partial charge in [-0.2, -0.15) is 0 Å². The number of amides is 1. The summed E-state index contributed by atoms with van der Waals surface area (Å²) in [5.41, 5.74) is 3.85. The molecule has 0 saturated carbocycles. The van der Waals surface area contributed by atoms with Crippen molar-refractivity contribution in [2.24, 2.45) is 0 Å². The molecule has 1 heterocycles. The van der Waals surface area contributed by atoms with Crippen molar-refractivity contribution in [3.8, 4) is 0 Å². The van der Waals surface area contributed by atoms with Crippen molar-refractivity contribution in [1.29, 1.82) is 0 Å². The summed E-state index contributed by atoms with van der Waals surface area (Å²) in [4.78, 5) is 21.4. The Morgan fingerprint density at radius 2 is 2.17 bits per heavy atom. The Morgan fingerprint density at radius 1 is 1.35 bits per heavy atom. The summed E-state index contributed by atoms with van der Waals surface area (Å²) in [5.74, 6) is 0.774. The number of hydrogen-bond donors (Lipinski definition) is 1. The van der Waals surface area contributed by atoms with Gasteiger partial charge in [-0.05, 0) is 49.1 Å². The Hall–Kier alpha value is -1.88. The molecule has 1 aliphatic rings. The van der Waals surface area contributed by atoms with E-state index in [0.717, 1.165) is 30.7 Å². The first-order chi connectivity index (χ1) is 11.2. The second-order valence-electron chi connectivity index (χ2n) is 5.73. The number of carbonyl (C=O) groups is 1. The fourth-order valence-electron chi connectivity index (χ4n) is 2.99. The fraction of sp³-hybridized carbons (Fsp3) is 0.389. The van der Waals surface area contributed by atoms with E-state index in [0.29, 0.717) is 10.9 Å². The lowest BCUT2D eigenvalue weighted by atomic mass is 9.87. The molecule has 0 spiro atoms. The number of carbonyl (C=O) groups excluding carboxylic acids is 1. The topological polar surface area (TPSA) is 54.9 Å². The number of nitrogens with one attached hydrogen (secondary N) is 1. The van der Waals surface area contributed by atoms with Gasteiger partial charge < -0.3 is 5.32 Å². The quantitative estimate of drug-likeness (QED) is 0.687. The molecule has 2 aromatic rings. The van der Waals surface area contributed by atoms with Crippen LogP contribution in [0.2, 0.25) is 0 Å². The largest absolute Gasteiger partial charge is 0.344 e. The van der Waals surface area contributed by atoms with E-state index in [1.54, 1.807) is 17.8 Å². The highest BCUT2D eigenvalue weighted by atomic mass is 32.2. The Morgan fingerprint density at radius 3 is 3.00 bits per heavy atom. The molecule has 1 aliphatic carbocycles. The van der Waals surface area contributed by atoms with E-state index in [1.807, 2.05) is 13.0 Å². The summed E-state index contributed by atoms with van der Waals surface area (Å²) >= 11 is 1.55. The third-order valence-corrected chi connectivity index (χ3v) is 4.74. The lowest BCUT2D eigenvalue weighted by Gasteiger charge is -2.26. The number of thioether (sulfide) groups is 1. The van der Waals surface area contributed by atoms with E-state index in [4.69, 9.17) is 0 Å². The molecule has 1 aromatic carbocycles. The van der Waals surface area contributed by atoms with Crippen LogP contribution in [0.3, 0.4) is 0 Å². The third-order valence-electron chi connectivity index (χ3n) is 4.01. The van der Waals surface area contributed by atoms with E-state index in [2.05, 4.69) is 40.4 Å². The van der Waals surface area contributed by atoms with Crippen LogP contribution in [0.1, 0.15) is 53.1 Å². The van der Waals surface area contributed by atoms with E-state index in [1.165, 1.54) is 11.1 Å². The van der Waals surface area contributed by atoms with Crippen molar-refractivity contribution in [3.05, 3.63) is 52.8 Å². The molecule has 0 saturated heterocycles. The lowest BCUT2D eigenvalue weighted by Crippen LogP contribution is -2.31. The molecular weight excluding hydrogens is 306 g/mol. The van der Waals surface area contributed by atoms with Crippen molar-refractivity contribution in [2.45, 2.75) is 44.3 Å². The van der Waals surface area contributed by atoms with Crippen LogP contribution >= 0.6 is 11.8 Å². The van der Waals surface area contributed by atoms with Gasteiger partial charge in [-0.3, -0.25) is 4.79 Å². The molecule has 1 unspecified atom stereocenters. The number of nitrogens with zero attached hydrogens (tertiary/aromatic N) is 2. The molecule has 0 aliphatic heterocycles. The lowest BCUT2D eigenvalue weighted by molar-refractivity contribution is 0.0926. The molecule has 0 fully saturated rings. The zero-order valence-electron chi connectivity index (χ0n) is 13.5. The Kier molecular flexibility index (Phi) is 4.96. The van der Waals surface area contributed by atoms with Gasteiger partial charge in [0.15, 0.2) is 5.16 Å². The SMILES string of the molecule is CCSc1nc(C)cc(C(=O)NC2CCCc3ccccc32)n1. The van der Waals surface area contributed by atoms with Crippen LogP contribution in [0.5, 0.6) is 0 Å². The van der Waals surface area contributed by atoms with Crippen LogP contribution in [0.4, 0.5) is 0 Å². The Balaban J connectivity index is 1.80. The maximum atomic E-state index is 12.6. The molecule has 1 aromatic heterocycles. The molecule has 1 atom stereocenters. The van der Waals surface area contributed by atoms with E-state index in [-0.39, 0.29) is 11.9 Å². The number of fused-ring (bicyclic) bond motifs is 1. The van der Waals surface area contributed by atoms with Gasteiger partial charge in [-0.15, -0.1) is 0 Å². The smallest absolute Gasteiger partial charge is 0.270 e.